The van der Waals surface area contributed by atoms with Crippen LogP contribution in [0.1, 0.15) is 0 Å². The first-order valence-electron chi connectivity index (χ1n) is 5.51. The van der Waals surface area contributed by atoms with Crippen molar-refractivity contribution in [1.29, 1.82) is 0 Å². The SMILES string of the molecule is O=S(=O)([O-])c1ccccc1O.O=S(=O)([O-])c1ccccc1O.[Ni+2]. The zero-order chi connectivity index (χ0) is 17.0. The molecule has 0 spiro atoms. The van der Waals surface area contributed by atoms with Crippen molar-refractivity contribution in [1.82, 2.24) is 0 Å². The molecule has 0 aliphatic heterocycles. The predicted molar refractivity (Wildman–Crippen MR) is 72.1 cm³/mol. The fourth-order valence-electron chi connectivity index (χ4n) is 1.34. The summed E-state index contributed by atoms with van der Waals surface area (Å²) < 4.78 is 62.0. The van der Waals surface area contributed by atoms with E-state index in [2.05, 4.69) is 0 Å². The maximum atomic E-state index is 10.3. The monoisotopic (exact) mass is 404 g/mol. The van der Waals surface area contributed by atoms with E-state index in [1.165, 1.54) is 24.3 Å². The molecule has 0 saturated heterocycles. The van der Waals surface area contributed by atoms with E-state index in [-0.39, 0.29) is 16.5 Å². The van der Waals surface area contributed by atoms with Crippen LogP contribution in [0.15, 0.2) is 58.3 Å². The molecule has 0 amide bonds. The Bertz CT molecular complexity index is 789. The minimum atomic E-state index is -4.53. The van der Waals surface area contributed by atoms with Crippen molar-refractivity contribution in [3.63, 3.8) is 0 Å². The molecule has 0 saturated carbocycles. The average Bonchev–Trinajstić information content (AvgIpc) is 2.37. The van der Waals surface area contributed by atoms with Crippen LogP contribution in [0.2, 0.25) is 0 Å². The van der Waals surface area contributed by atoms with Gasteiger partial charge < -0.3 is 19.3 Å². The van der Waals surface area contributed by atoms with Gasteiger partial charge in [-0.05, 0) is 24.3 Å². The largest absolute Gasteiger partial charge is 2.00 e. The van der Waals surface area contributed by atoms with Gasteiger partial charge >= 0.3 is 16.5 Å². The first kappa shape index (κ1) is 21.4. The summed E-state index contributed by atoms with van der Waals surface area (Å²) in [4.78, 5) is -1.17. The van der Waals surface area contributed by atoms with Crippen LogP contribution in [0.4, 0.5) is 0 Å². The second kappa shape index (κ2) is 8.27. The Morgan fingerprint density at radius 1 is 0.652 bits per heavy atom. The molecular weight excluding hydrogens is 395 g/mol. The third-order valence-electron chi connectivity index (χ3n) is 2.27. The van der Waals surface area contributed by atoms with Crippen LogP contribution in [-0.2, 0) is 36.7 Å². The molecule has 128 valence electrons. The minimum Gasteiger partial charge on any atom is -0.744 e. The number of rotatable bonds is 2. The van der Waals surface area contributed by atoms with Gasteiger partial charge in [-0.15, -0.1) is 0 Å². The molecule has 0 unspecified atom stereocenters. The van der Waals surface area contributed by atoms with Gasteiger partial charge in [0.25, 0.3) is 0 Å². The maximum Gasteiger partial charge on any atom is 2.00 e. The molecule has 0 atom stereocenters. The van der Waals surface area contributed by atoms with E-state index in [1.54, 1.807) is 0 Å². The van der Waals surface area contributed by atoms with Crippen LogP contribution < -0.4 is 0 Å². The van der Waals surface area contributed by atoms with Crippen LogP contribution in [-0.4, -0.2) is 36.2 Å². The Hall–Kier alpha value is -1.65. The second-order valence-corrected chi connectivity index (χ2v) is 6.54. The zero-order valence-electron chi connectivity index (χ0n) is 11.1. The van der Waals surface area contributed by atoms with Crippen LogP contribution in [0.5, 0.6) is 11.5 Å². The van der Waals surface area contributed by atoms with Gasteiger partial charge in [0.2, 0.25) is 0 Å². The molecule has 2 N–H and O–H groups in total. The number of benzene rings is 2. The topological polar surface area (TPSA) is 155 Å². The normalized spacial score (nSPS) is 10.9. The Labute approximate surface area is 142 Å². The molecule has 2 rings (SSSR count). The van der Waals surface area contributed by atoms with Crippen LogP contribution >= 0.6 is 0 Å². The van der Waals surface area contributed by atoms with E-state index >= 15 is 0 Å². The van der Waals surface area contributed by atoms with Gasteiger partial charge in [0.1, 0.15) is 31.7 Å². The summed E-state index contributed by atoms with van der Waals surface area (Å²) in [5.74, 6) is -1.02. The molecule has 0 aromatic heterocycles. The number of aromatic hydroxyl groups is 2. The van der Waals surface area contributed by atoms with Crippen molar-refractivity contribution in [3.8, 4) is 11.5 Å². The van der Waals surface area contributed by atoms with E-state index in [0.29, 0.717) is 0 Å². The van der Waals surface area contributed by atoms with Crippen LogP contribution in [0, 0.1) is 0 Å². The molecule has 0 aliphatic rings. The van der Waals surface area contributed by atoms with E-state index in [4.69, 9.17) is 10.2 Å². The fraction of sp³-hybridized carbons (Fsp3) is 0. The average molecular weight is 405 g/mol. The molecule has 2 aromatic rings. The third-order valence-corrected chi connectivity index (χ3v) is 4.04. The molecule has 0 aliphatic carbocycles. The summed E-state index contributed by atoms with van der Waals surface area (Å²) in [6.45, 7) is 0. The first-order chi connectivity index (χ1) is 10.0. The van der Waals surface area contributed by atoms with Gasteiger partial charge in [0.05, 0.1) is 9.79 Å². The van der Waals surface area contributed by atoms with E-state index in [9.17, 15) is 25.9 Å². The Morgan fingerprint density at radius 2 is 0.913 bits per heavy atom. The summed E-state index contributed by atoms with van der Waals surface area (Å²) in [6.07, 6.45) is 0. The quantitative estimate of drug-likeness (QED) is 0.544. The van der Waals surface area contributed by atoms with Crippen molar-refractivity contribution >= 4 is 20.2 Å². The number of hydrogen-bond donors (Lipinski definition) is 2. The number of para-hydroxylation sites is 2. The number of phenols is 2. The molecule has 0 bridgehead atoms. The molecule has 0 heterocycles. The van der Waals surface area contributed by atoms with Gasteiger partial charge in [-0.2, -0.15) is 0 Å². The summed E-state index contributed by atoms with van der Waals surface area (Å²) in [5.41, 5.74) is 0. The minimum absolute atomic E-state index is 0. The van der Waals surface area contributed by atoms with Gasteiger partial charge in [-0.1, -0.05) is 24.3 Å². The fourth-order valence-corrected chi connectivity index (χ4v) is 2.48. The Morgan fingerprint density at radius 3 is 1.09 bits per heavy atom. The van der Waals surface area contributed by atoms with E-state index in [1.807, 2.05) is 0 Å². The van der Waals surface area contributed by atoms with Gasteiger partial charge in [-0.25, -0.2) is 16.8 Å². The molecule has 0 radical (unpaired) electrons. The van der Waals surface area contributed by atoms with Crippen molar-refractivity contribution in [2.75, 3.05) is 0 Å². The molecule has 0 fully saturated rings. The molecule has 11 heteroatoms. The Balaban J connectivity index is 0.000000403. The predicted octanol–water partition coefficient (Wildman–Crippen LogP) is 0.590. The van der Waals surface area contributed by atoms with Gasteiger partial charge in [0, 0.05) is 0 Å². The third kappa shape index (κ3) is 6.55. The number of phenolic OH excluding ortho intramolecular Hbond substituents is 2. The van der Waals surface area contributed by atoms with E-state index in [0.717, 1.165) is 24.3 Å². The summed E-state index contributed by atoms with van der Waals surface area (Å²) >= 11 is 0. The van der Waals surface area contributed by atoms with Crippen LogP contribution in [0.3, 0.4) is 0 Å². The second-order valence-electron chi connectivity index (χ2n) is 3.84. The molecule has 2 aromatic carbocycles. The van der Waals surface area contributed by atoms with Crippen molar-refractivity contribution in [3.05, 3.63) is 48.5 Å². The van der Waals surface area contributed by atoms with Crippen molar-refractivity contribution in [2.24, 2.45) is 0 Å². The summed E-state index contributed by atoms with van der Waals surface area (Å²) in [7, 11) is -9.07. The number of hydrogen-bond acceptors (Lipinski definition) is 8. The Kier molecular flexibility index (Phi) is 7.68. The zero-order valence-corrected chi connectivity index (χ0v) is 13.7. The van der Waals surface area contributed by atoms with E-state index < -0.39 is 41.5 Å². The molecule has 23 heavy (non-hydrogen) atoms. The summed E-state index contributed by atoms with van der Waals surface area (Å²) in [5, 5.41) is 17.7. The maximum absolute atomic E-state index is 10.3. The van der Waals surface area contributed by atoms with Crippen LogP contribution in [0.25, 0.3) is 0 Å². The molecular formula is C12H10NiO8S2. The smallest absolute Gasteiger partial charge is 0.744 e. The standard InChI is InChI=1S/2C6H6O4S.Ni/c2*7-5-3-1-2-4-6(5)11(8,9)10;/h2*1-4,7H,(H,8,9,10);/q;;+2/p-2. The van der Waals surface area contributed by atoms with Crippen molar-refractivity contribution < 1.29 is 52.6 Å². The van der Waals surface area contributed by atoms with Gasteiger partial charge in [0.15, 0.2) is 0 Å². The van der Waals surface area contributed by atoms with Gasteiger partial charge in [-0.3, -0.25) is 0 Å². The first-order valence-corrected chi connectivity index (χ1v) is 8.33. The van der Waals surface area contributed by atoms with Crippen molar-refractivity contribution in [2.45, 2.75) is 9.79 Å². The molecule has 8 nitrogen and oxygen atoms in total. The summed E-state index contributed by atoms with van der Waals surface area (Å²) in [6, 6.07) is 9.99.